The highest BCUT2D eigenvalue weighted by molar-refractivity contribution is 6.19. The summed E-state index contributed by atoms with van der Waals surface area (Å²) in [7, 11) is 0. The molecule has 0 atom stereocenters. The van der Waals surface area contributed by atoms with Gasteiger partial charge >= 0.3 is 0 Å². The molecular formula is C51H30N4O. The Bertz CT molecular complexity index is 3380. The van der Waals surface area contributed by atoms with Crippen molar-refractivity contribution in [1.82, 2.24) is 15.0 Å². The summed E-state index contributed by atoms with van der Waals surface area (Å²) in [5.74, 6) is 1.75. The number of hydrogen-bond acceptors (Lipinski definition) is 5. The van der Waals surface area contributed by atoms with Gasteiger partial charge in [-0.1, -0.05) is 152 Å². The lowest BCUT2D eigenvalue weighted by molar-refractivity contribution is 0.669. The standard InChI is InChI=1S/C51H30N4O/c1-2-14-33(15-3-1)49-52-50(42-24-12-23-41-38-21-8-9-26-45(38)56-48(41)42)54-51(53-49)43-30-35(29-34-16-5-6-19-36(34)43)55-44-25-11-18-32-17-10-22-39(46(32)44)40-28-27-31-13-4-7-20-37(31)47(40)55/h1-30H. The van der Waals surface area contributed by atoms with Crippen LogP contribution in [-0.2, 0) is 0 Å². The normalized spacial score (nSPS) is 12.2. The Hall–Kier alpha value is -7.63. The second kappa shape index (κ2) is 11.9. The van der Waals surface area contributed by atoms with Crippen LogP contribution < -0.4 is 4.90 Å². The predicted octanol–water partition coefficient (Wildman–Crippen LogP) is 13.7. The smallest absolute Gasteiger partial charge is 0.167 e. The van der Waals surface area contributed by atoms with Crippen molar-refractivity contribution in [2.45, 2.75) is 0 Å². The van der Waals surface area contributed by atoms with Crippen molar-refractivity contribution in [3.8, 4) is 45.3 Å². The van der Waals surface area contributed by atoms with E-state index in [1.807, 2.05) is 54.6 Å². The summed E-state index contributed by atoms with van der Waals surface area (Å²) in [6.07, 6.45) is 0. The maximum atomic E-state index is 6.52. The maximum absolute atomic E-state index is 6.52. The number of hydrogen-bond donors (Lipinski definition) is 0. The summed E-state index contributed by atoms with van der Waals surface area (Å²) < 4.78 is 6.52. The van der Waals surface area contributed by atoms with Crippen LogP contribution in [-0.4, -0.2) is 15.0 Å². The van der Waals surface area contributed by atoms with Crippen LogP contribution in [0.1, 0.15) is 0 Å². The third-order valence-corrected chi connectivity index (χ3v) is 11.2. The molecule has 0 N–H and O–H groups in total. The Balaban J connectivity index is 1.15. The van der Waals surface area contributed by atoms with Crippen LogP contribution in [0.15, 0.2) is 186 Å². The molecule has 0 bridgehead atoms. The summed E-state index contributed by atoms with van der Waals surface area (Å²) in [6.45, 7) is 0. The van der Waals surface area contributed by atoms with E-state index in [0.29, 0.717) is 17.5 Å². The van der Waals surface area contributed by atoms with Crippen molar-refractivity contribution in [2.75, 3.05) is 4.90 Å². The number of aromatic nitrogens is 3. The van der Waals surface area contributed by atoms with Crippen LogP contribution in [0, 0.1) is 0 Å². The Kier molecular flexibility index (Phi) is 6.56. The lowest BCUT2D eigenvalue weighted by Gasteiger charge is -2.35. The van der Waals surface area contributed by atoms with Crippen molar-refractivity contribution in [2.24, 2.45) is 0 Å². The van der Waals surface area contributed by atoms with Crippen LogP contribution in [0.25, 0.3) is 99.5 Å². The quantitative estimate of drug-likeness (QED) is 0.182. The van der Waals surface area contributed by atoms with E-state index in [9.17, 15) is 0 Å². The summed E-state index contributed by atoms with van der Waals surface area (Å²) >= 11 is 0. The first kappa shape index (κ1) is 30.8. The van der Waals surface area contributed by atoms with Gasteiger partial charge in [-0.25, -0.2) is 15.0 Å². The van der Waals surface area contributed by atoms with E-state index in [1.165, 1.54) is 32.7 Å². The number of rotatable bonds is 4. The van der Waals surface area contributed by atoms with Crippen LogP contribution in [0.3, 0.4) is 0 Å². The molecule has 11 aromatic rings. The average molecular weight is 715 g/mol. The minimum absolute atomic E-state index is 0.556. The molecule has 9 aromatic carbocycles. The average Bonchev–Trinajstić information content (AvgIpc) is 3.65. The number of fused-ring (bicyclic) bond motifs is 8. The van der Waals surface area contributed by atoms with Crippen molar-refractivity contribution in [3.63, 3.8) is 0 Å². The molecule has 0 saturated carbocycles. The van der Waals surface area contributed by atoms with Gasteiger partial charge in [0.15, 0.2) is 17.5 Å². The fourth-order valence-electron chi connectivity index (χ4n) is 8.70. The van der Waals surface area contributed by atoms with E-state index < -0.39 is 0 Å². The van der Waals surface area contributed by atoms with Crippen molar-refractivity contribution in [3.05, 3.63) is 182 Å². The van der Waals surface area contributed by atoms with E-state index in [0.717, 1.165) is 66.5 Å². The van der Waals surface area contributed by atoms with Crippen molar-refractivity contribution < 1.29 is 4.42 Å². The highest BCUT2D eigenvalue weighted by atomic mass is 16.3. The highest BCUT2D eigenvalue weighted by Crippen LogP contribution is 2.54. The zero-order valence-electron chi connectivity index (χ0n) is 30.0. The second-order valence-corrected chi connectivity index (χ2v) is 14.4. The van der Waals surface area contributed by atoms with E-state index >= 15 is 0 Å². The minimum Gasteiger partial charge on any atom is -0.455 e. The monoisotopic (exact) mass is 714 g/mol. The molecule has 0 fully saturated rings. The van der Waals surface area contributed by atoms with E-state index in [2.05, 4.69) is 132 Å². The van der Waals surface area contributed by atoms with Gasteiger partial charge in [0, 0.05) is 43.9 Å². The van der Waals surface area contributed by atoms with Gasteiger partial charge in [-0.2, -0.15) is 0 Å². The maximum Gasteiger partial charge on any atom is 0.167 e. The topological polar surface area (TPSA) is 55.1 Å². The number of furan rings is 1. The summed E-state index contributed by atoms with van der Waals surface area (Å²) in [5.41, 5.74) is 10.0. The minimum atomic E-state index is 0.556. The first-order valence-corrected chi connectivity index (χ1v) is 18.9. The van der Waals surface area contributed by atoms with Gasteiger partial charge in [0.25, 0.3) is 0 Å². The molecule has 0 amide bonds. The van der Waals surface area contributed by atoms with E-state index in [-0.39, 0.29) is 0 Å². The van der Waals surface area contributed by atoms with Crippen LogP contribution in [0.4, 0.5) is 17.1 Å². The molecule has 1 aliphatic heterocycles. The molecule has 3 heterocycles. The summed E-state index contributed by atoms with van der Waals surface area (Å²) in [4.78, 5) is 18.2. The molecule has 5 heteroatoms. The van der Waals surface area contributed by atoms with Crippen molar-refractivity contribution in [1.29, 1.82) is 0 Å². The third kappa shape index (κ3) is 4.58. The van der Waals surface area contributed by atoms with Crippen LogP contribution in [0.5, 0.6) is 0 Å². The van der Waals surface area contributed by atoms with Crippen LogP contribution in [0.2, 0.25) is 0 Å². The Morgan fingerprint density at radius 2 is 1.04 bits per heavy atom. The Labute approximate surface area is 321 Å². The number of para-hydroxylation sites is 2. The molecule has 12 rings (SSSR count). The SMILES string of the molecule is c1ccc(-c2nc(-c3cc(N4c5c(ccc6ccccc56)-c5cccc6cccc4c56)cc4ccccc34)nc(-c3cccc4c3oc3ccccc34)n2)cc1. The van der Waals surface area contributed by atoms with Crippen LogP contribution >= 0.6 is 0 Å². The molecule has 0 radical (unpaired) electrons. The Morgan fingerprint density at radius 1 is 0.393 bits per heavy atom. The molecule has 5 nitrogen and oxygen atoms in total. The summed E-state index contributed by atoms with van der Waals surface area (Å²) in [5, 5.41) is 9.07. The fraction of sp³-hybridized carbons (Fsp3) is 0. The number of nitrogens with zero attached hydrogens (tertiary/aromatic N) is 4. The van der Waals surface area contributed by atoms with Gasteiger partial charge in [-0.15, -0.1) is 0 Å². The molecule has 56 heavy (non-hydrogen) atoms. The van der Waals surface area contributed by atoms with Gasteiger partial charge in [0.05, 0.1) is 16.9 Å². The first-order valence-electron chi connectivity index (χ1n) is 18.9. The van der Waals surface area contributed by atoms with Crippen molar-refractivity contribution >= 4 is 71.3 Å². The molecule has 0 aliphatic carbocycles. The molecule has 1 aliphatic rings. The number of benzene rings is 9. The molecule has 0 spiro atoms. The zero-order chi connectivity index (χ0) is 36.7. The first-order chi connectivity index (χ1) is 27.8. The van der Waals surface area contributed by atoms with Gasteiger partial charge in [0.1, 0.15) is 11.2 Å². The zero-order valence-corrected chi connectivity index (χ0v) is 30.0. The lowest BCUT2D eigenvalue weighted by Crippen LogP contribution is -2.16. The Morgan fingerprint density at radius 3 is 1.91 bits per heavy atom. The molecular weight excluding hydrogens is 685 g/mol. The molecule has 0 unspecified atom stereocenters. The van der Waals surface area contributed by atoms with Gasteiger partial charge in [-0.05, 0) is 57.4 Å². The second-order valence-electron chi connectivity index (χ2n) is 14.4. The highest BCUT2D eigenvalue weighted by Gasteiger charge is 2.29. The molecule has 2 aromatic heterocycles. The molecule has 0 saturated heterocycles. The predicted molar refractivity (Wildman–Crippen MR) is 230 cm³/mol. The lowest BCUT2D eigenvalue weighted by atomic mass is 9.88. The fourth-order valence-corrected chi connectivity index (χ4v) is 8.70. The largest absolute Gasteiger partial charge is 0.455 e. The molecule has 260 valence electrons. The summed E-state index contributed by atoms with van der Waals surface area (Å²) in [6, 6.07) is 64.0. The van der Waals surface area contributed by atoms with E-state index in [4.69, 9.17) is 19.4 Å². The third-order valence-electron chi connectivity index (χ3n) is 11.2. The van der Waals surface area contributed by atoms with E-state index in [1.54, 1.807) is 0 Å². The van der Waals surface area contributed by atoms with Gasteiger partial charge in [-0.3, -0.25) is 0 Å². The number of anilines is 3. The van der Waals surface area contributed by atoms with Gasteiger partial charge < -0.3 is 9.32 Å². The van der Waals surface area contributed by atoms with Gasteiger partial charge in [0.2, 0.25) is 0 Å².